The monoisotopic (exact) mass is 545 g/mol. The van der Waals surface area contributed by atoms with Crippen LogP contribution in [0.4, 0.5) is 11.8 Å². The number of hydrogen-bond acceptors (Lipinski definition) is 10. The number of rotatable bonds is 8. The SMILES string of the molecule is NC=C(C=NC1CCOCC1)Nc1nc(NC2CCC(N3CCOCC3)CC2)c2c(ccn2-c2cccnc2)n1. The first-order valence-corrected chi connectivity index (χ1v) is 14.4. The van der Waals surface area contributed by atoms with Crippen molar-refractivity contribution >= 4 is 29.0 Å². The van der Waals surface area contributed by atoms with Gasteiger partial charge in [-0.2, -0.15) is 4.98 Å². The lowest BCUT2D eigenvalue weighted by Crippen LogP contribution is -2.46. The quantitative estimate of drug-likeness (QED) is 0.365. The maximum atomic E-state index is 5.96. The van der Waals surface area contributed by atoms with Crippen molar-refractivity contribution in [2.45, 2.75) is 56.7 Å². The summed E-state index contributed by atoms with van der Waals surface area (Å²) in [5.41, 5.74) is 9.35. The molecule has 11 heteroatoms. The Labute approximate surface area is 234 Å². The van der Waals surface area contributed by atoms with Crippen LogP contribution in [0.5, 0.6) is 0 Å². The fourth-order valence-corrected chi connectivity index (χ4v) is 5.90. The van der Waals surface area contributed by atoms with Gasteiger partial charge in [-0.1, -0.05) is 0 Å². The topological polar surface area (TPSA) is 128 Å². The minimum absolute atomic E-state index is 0.243. The van der Waals surface area contributed by atoms with Gasteiger partial charge in [-0.15, -0.1) is 0 Å². The van der Waals surface area contributed by atoms with Crippen molar-refractivity contribution < 1.29 is 9.47 Å². The molecule has 1 aliphatic carbocycles. The molecule has 0 amide bonds. The minimum atomic E-state index is 0.243. The Kier molecular flexibility index (Phi) is 8.50. The van der Waals surface area contributed by atoms with Gasteiger partial charge in [0.25, 0.3) is 0 Å². The minimum Gasteiger partial charge on any atom is -0.403 e. The molecule has 2 saturated heterocycles. The van der Waals surface area contributed by atoms with Crippen LogP contribution in [-0.4, -0.2) is 88.3 Å². The zero-order chi connectivity index (χ0) is 27.1. The number of allylic oxidation sites excluding steroid dienone is 1. The van der Waals surface area contributed by atoms with Crippen LogP contribution in [0, 0.1) is 0 Å². The highest BCUT2D eigenvalue weighted by atomic mass is 16.5. The predicted octanol–water partition coefficient (Wildman–Crippen LogP) is 3.33. The second-order valence-corrected chi connectivity index (χ2v) is 10.7. The number of hydrogen-bond donors (Lipinski definition) is 3. The van der Waals surface area contributed by atoms with Crippen molar-refractivity contribution in [2.75, 3.05) is 50.2 Å². The summed E-state index contributed by atoms with van der Waals surface area (Å²) in [6, 6.07) is 7.20. The lowest BCUT2D eigenvalue weighted by atomic mass is 9.90. The van der Waals surface area contributed by atoms with Crippen molar-refractivity contribution in [2.24, 2.45) is 10.7 Å². The van der Waals surface area contributed by atoms with Crippen LogP contribution in [0.3, 0.4) is 0 Å². The first kappa shape index (κ1) is 26.7. The fraction of sp³-hybridized carbons (Fsp3) is 0.517. The van der Waals surface area contributed by atoms with E-state index in [4.69, 9.17) is 30.2 Å². The highest BCUT2D eigenvalue weighted by molar-refractivity contribution is 5.90. The molecule has 3 fully saturated rings. The van der Waals surface area contributed by atoms with Crippen molar-refractivity contribution in [3.63, 3.8) is 0 Å². The van der Waals surface area contributed by atoms with E-state index in [2.05, 4.69) is 25.1 Å². The lowest BCUT2D eigenvalue weighted by molar-refractivity contribution is 0.00791. The van der Waals surface area contributed by atoms with Crippen molar-refractivity contribution in [3.05, 3.63) is 48.7 Å². The molecule has 0 radical (unpaired) electrons. The number of aliphatic imine (C=N–C) groups is 1. The molecular formula is C29H39N9O2. The molecule has 1 saturated carbocycles. The van der Waals surface area contributed by atoms with E-state index in [1.165, 1.54) is 19.0 Å². The Morgan fingerprint density at radius 3 is 2.55 bits per heavy atom. The average Bonchev–Trinajstić information content (AvgIpc) is 3.45. The zero-order valence-corrected chi connectivity index (χ0v) is 22.9. The number of fused-ring (bicyclic) bond motifs is 1. The van der Waals surface area contributed by atoms with Gasteiger partial charge in [0.1, 0.15) is 5.52 Å². The molecule has 5 heterocycles. The van der Waals surface area contributed by atoms with Gasteiger partial charge in [0.2, 0.25) is 5.95 Å². The highest BCUT2D eigenvalue weighted by Gasteiger charge is 2.28. The van der Waals surface area contributed by atoms with Crippen molar-refractivity contribution in [1.82, 2.24) is 24.4 Å². The van der Waals surface area contributed by atoms with E-state index in [0.717, 1.165) is 87.7 Å². The number of ether oxygens (including phenoxy) is 2. The maximum Gasteiger partial charge on any atom is 0.229 e. The summed E-state index contributed by atoms with van der Waals surface area (Å²) >= 11 is 0. The number of nitrogens with two attached hydrogens (primary N) is 1. The largest absolute Gasteiger partial charge is 0.403 e. The van der Waals surface area contributed by atoms with Gasteiger partial charge in [-0.05, 0) is 56.7 Å². The van der Waals surface area contributed by atoms with Gasteiger partial charge < -0.3 is 30.4 Å². The lowest BCUT2D eigenvalue weighted by Gasteiger charge is -2.39. The fourth-order valence-electron chi connectivity index (χ4n) is 5.90. The van der Waals surface area contributed by atoms with Crippen molar-refractivity contribution in [3.8, 4) is 5.69 Å². The second kappa shape index (κ2) is 12.8. The molecule has 4 N–H and O–H groups in total. The molecule has 0 atom stereocenters. The molecule has 0 bridgehead atoms. The van der Waals surface area contributed by atoms with Crippen LogP contribution < -0.4 is 16.4 Å². The molecule has 3 aliphatic rings. The van der Waals surface area contributed by atoms with E-state index >= 15 is 0 Å². The van der Waals surface area contributed by atoms with Gasteiger partial charge in [-0.25, -0.2) is 4.98 Å². The van der Waals surface area contributed by atoms with E-state index < -0.39 is 0 Å². The van der Waals surface area contributed by atoms with Crippen LogP contribution in [0.2, 0.25) is 0 Å². The van der Waals surface area contributed by atoms with Crippen LogP contribution in [0.1, 0.15) is 38.5 Å². The molecule has 212 valence electrons. The molecule has 6 rings (SSSR count). The third-order valence-corrected chi connectivity index (χ3v) is 8.11. The summed E-state index contributed by atoms with van der Waals surface area (Å²) in [5, 5.41) is 7.08. The number of pyridine rings is 1. The summed E-state index contributed by atoms with van der Waals surface area (Å²) in [5.74, 6) is 1.28. The Morgan fingerprint density at radius 1 is 1.00 bits per heavy atom. The Hall–Kier alpha value is -3.54. The van der Waals surface area contributed by atoms with E-state index in [1.807, 2.05) is 30.6 Å². The van der Waals surface area contributed by atoms with Crippen molar-refractivity contribution in [1.29, 1.82) is 0 Å². The van der Waals surface area contributed by atoms with Gasteiger partial charge >= 0.3 is 0 Å². The summed E-state index contributed by atoms with van der Waals surface area (Å²) < 4.78 is 13.1. The number of anilines is 2. The molecule has 3 aromatic rings. The second-order valence-electron chi connectivity index (χ2n) is 10.7. The number of nitrogens with zero attached hydrogens (tertiary/aromatic N) is 6. The summed E-state index contributed by atoms with van der Waals surface area (Å²) in [4.78, 5) is 21.4. The summed E-state index contributed by atoms with van der Waals surface area (Å²) in [7, 11) is 0. The number of aromatic nitrogens is 4. The first-order chi connectivity index (χ1) is 19.8. The molecule has 2 aliphatic heterocycles. The smallest absolute Gasteiger partial charge is 0.229 e. The van der Waals surface area contributed by atoms with Crippen LogP contribution in [-0.2, 0) is 9.47 Å². The molecule has 3 aromatic heterocycles. The molecule has 0 unspecified atom stereocenters. The van der Waals surface area contributed by atoms with Gasteiger partial charge in [-0.3, -0.25) is 14.9 Å². The Bertz CT molecular complexity index is 1310. The van der Waals surface area contributed by atoms with Gasteiger partial charge in [0.15, 0.2) is 5.82 Å². The molecular weight excluding hydrogens is 506 g/mol. The zero-order valence-electron chi connectivity index (χ0n) is 22.9. The molecule has 0 aromatic carbocycles. The van der Waals surface area contributed by atoms with E-state index in [1.54, 1.807) is 12.4 Å². The van der Waals surface area contributed by atoms with Gasteiger partial charge in [0, 0.05) is 63.2 Å². The summed E-state index contributed by atoms with van der Waals surface area (Å²) in [6.07, 6.45) is 15.3. The van der Waals surface area contributed by atoms with E-state index in [9.17, 15) is 0 Å². The maximum absolute atomic E-state index is 5.96. The molecule has 0 spiro atoms. The molecule has 40 heavy (non-hydrogen) atoms. The third kappa shape index (κ3) is 6.27. The first-order valence-electron chi connectivity index (χ1n) is 14.4. The van der Waals surface area contributed by atoms with E-state index in [-0.39, 0.29) is 6.04 Å². The average molecular weight is 546 g/mol. The van der Waals surface area contributed by atoms with Crippen LogP contribution in [0.15, 0.2) is 53.7 Å². The summed E-state index contributed by atoms with van der Waals surface area (Å²) in [6.45, 7) is 5.26. The van der Waals surface area contributed by atoms with Crippen LogP contribution in [0.25, 0.3) is 16.7 Å². The van der Waals surface area contributed by atoms with E-state index in [0.29, 0.717) is 23.7 Å². The van der Waals surface area contributed by atoms with Crippen LogP contribution >= 0.6 is 0 Å². The highest BCUT2D eigenvalue weighted by Crippen LogP contribution is 2.31. The Balaban J connectivity index is 1.23. The number of nitrogens with one attached hydrogen (secondary N) is 2. The predicted molar refractivity (Wildman–Crippen MR) is 157 cm³/mol. The third-order valence-electron chi connectivity index (χ3n) is 8.11. The normalized spacial score (nSPS) is 23.6. The number of morpholine rings is 1. The molecule has 11 nitrogen and oxygen atoms in total. The van der Waals surface area contributed by atoms with Gasteiger partial charge in [0.05, 0.1) is 42.4 Å². The Morgan fingerprint density at radius 2 is 1.80 bits per heavy atom. The standard InChI is InChI=1S/C29H39N9O2/c30-18-23(19-32-21-8-14-39-15-9-21)34-29-35-26-7-11-38(25-2-1-10-31-20-25)27(26)28(36-29)33-22-3-5-24(6-4-22)37-12-16-40-17-13-37/h1-2,7,10-11,18-22,24H,3-6,8-9,12-17,30H2,(H2,33,34,35,36).